The lowest BCUT2D eigenvalue weighted by molar-refractivity contribution is 0.544. The van der Waals surface area contributed by atoms with E-state index in [4.69, 9.17) is 0 Å². The Morgan fingerprint density at radius 2 is 1.24 bits per heavy atom. The van der Waals surface area contributed by atoms with Crippen LogP contribution in [0.25, 0.3) is 0 Å². The van der Waals surface area contributed by atoms with Gasteiger partial charge in [-0.2, -0.15) is 0 Å². The lowest BCUT2D eigenvalue weighted by Gasteiger charge is -2.16. The van der Waals surface area contributed by atoms with E-state index in [0.29, 0.717) is 5.92 Å². The van der Waals surface area contributed by atoms with E-state index in [-0.39, 0.29) is 0 Å². The van der Waals surface area contributed by atoms with Gasteiger partial charge in [0.25, 0.3) is 0 Å². The zero-order valence-electron chi connectivity index (χ0n) is 17.7. The maximum Gasteiger partial charge on any atom is -0.0190 e. The van der Waals surface area contributed by atoms with Gasteiger partial charge in [0.1, 0.15) is 0 Å². The van der Waals surface area contributed by atoms with Crippen LogP contribution >= 0.6 is 0 Å². The van der Waals surface area contributed by atoms with Gasteiger partial charge in [-0.05, 0) is 48.8 Å². The van der Waals surface area contributed by atoms with Gasteiger partial charge < -0.3 is 0 Å². The Bertz CT molecular complexity index is 432. The summed E-state index contributed by atoms with van der Waals surface area (Å²) in [5, 5.41) is 0. The van der Waals surface area contributed by atoms with Crippen LogP contribution in [0.5, 0.6) is 0 Å². The number of hydrogen-bond acceptors (Lipinski definition) is 0. The second-order valence-corrected chi connectivity index (χ2v) is 8.08. The van der Waals surface area contributed by atoms with Crippen molar-refractivity contribution in [1.29, 1.82) is 0 Å². The molecule has 1 unspecified atom stereocenters. The molecule has 0 amide bonds. The maximum atomic E-state index is 2.36. The van der Waals surface area contributed by atoms with Crippen molar-refractivity contribution in [2.75, 3.05) is 0 Å². The van der Waals surface area contributed by atoms with Gasteiger partial charge in [0.05, 0.1) is 0 Å². The number of rotatable bonds is 15. The Labute approximate surface area is 158 Å². The summed E-state index contributed by atoms with van der Waals surface area (Å²) in [5.74, 6) is 0.696. The molecule has 0 nitrogen and oxygen atoms in total. The number of aryl methyl sites for hydroxylation is 1. The van der Waals surface area contributed by atoms with Crippen molar-refractivity contribution in [3.8, 4) is 0 Å². The van der Waals surface area contributed by atoms with Crippen LogP contribution in [0.2, 0.25) is 0 Å². The largest absolute Gasteiger partial charge is 0.0654 e. The smallest absolute Gasteiger partial charge is 0.0190 e. The zero-order valence-corrected chi connectivity index (χ0v) is 17.7. The van der Waals surface area contributed by atoms with E-state index in [0.717, 1.165) is 0 Å². The molecule has 0 saturated carbocycles. The summed E-state index contributed by atoms with van der Waals surface area (Å²) in [6, 6.07) is 6.94. The van der Waals surface area contributed by atoms with E-state index in [1.165, 1.54) is 89.9 Å². The molecule has 0 fully saturated rings. The Hall–Kier alpha value is -0.780. The van der Waals surface area contributed by atoms with Crippen molar-refractivity contribution in [2.24, 2.45) is 0 Å². The van der Waals surface area contributed by atoms with Crippen LogP contribution in [0.15, 0.2) is 18.2 Å². The fourth-order valence-corrected chi connectivity index (χ4v) is 3.88. The molecule has 0 aliphatic rings. The van der Waals surface area contributed by atoms with Crippen molar-refractivity contribution >= 4 is 0 Å². The maximum absolute atomic E-state index is 2.36. The van der Waals surface area contributed by atoms with E-state index >= 15 is 0 Å². The van der Waals surface area contributed by atoms with Gasteiger partial charge in [-0.1, -0.05) is 110 Å². The molecule has 1 aromatic rings. The van der Waals surface area contributed by atoms with E-state index < -0.39 is 0 Å². The normalized spacial score (nSPS) is 12.5. The lowest BCUT2D eigenvalue weighted by Crippen LogP contribution is -1.99. The second kappa shape index (κ2) is 14.4. The number of unbranched alkanes of at least 4 members (excludes halogenated alkanes) is 11. The molecule has 0 bridgehead atoms. The van der Waals surface area contributed by atoms with Crippen LogP contribution in [-0.4, -0.2) is 0 Å². The first kappa shape index (κ1) is 22.3. The molecule has 1 atom stereocenters. The van der Waals surface area contributed by atoms with Crippen LogP contribution in [0.1, 0.15) is 127 Å². The highest BCUT2D eigenvalue weighted by atomic mass is 14.1. The van der Waals surface area contributed by atoms with E-state index in [1.54, 1.807) is 16.7 Å². The first-order valence-corrected chi connectivity index (χ1v) is 11.3. The van der Waals surface area contributed by atoms with Crippen LogP contribution < -0.4 is 0 Å². The molecule has 0 heteroatoms. The third-order valence-electron chi connectivity index (χ3n) is 5.93. The van der Waals surface area contributed by atoms with Crippen molar-refractivity contribution in [1.82, 2.24) is 0 Å². The summed E-state index contributed by atoms with van der Waals surface area (Å²) in [6.07, 6.45) is 19.7. The van der Waals surface area contributed by atoms with Gasteiger partial charge in [-0.25, -0.2) is 0 Å². The van der Waals surface area contributed by atoms with Gasteiger partial charge in [-0.3, -0.25) is 0 Å². The van der Waals surface area contributed by atoms with Gasteiger partial charge in [0.15, 0.2) is 0 Å². The minimum atomic E-state index is 0.696. The third kappa shape index (κ3) is 9.47. The number of benzene rings is 1. The SMILES string of the molecule is CCCCCCCCCCCCCCc1cccc(C(C)CC)c1C. The molecule has 0 aromatic heterocycles. The molecule has 0 N–H and O–H groups in total. The molecule has 25 heavy (non-hydrogen) atoms. The highest BCUT2D eigenvalue weighted by Crippen LogP contribution is 2.25. The molecule has 1 rings (SSSR count). The molecular formula is C25H44. The Kier molecular flexibility index (Phi) is 12.8. The minimum absolute atomic E-state index is 0.696. The topological polar surface area (TPSA) is 0 Å². The van der Waals surface area contributed by atoms with Crippen LogP contribution in [-0.2, 0) is 6.42 Å². The fraction of sp³-hybridized carbons (Fsp3) is 0.760. The molecule has 0 heterocycles. The predicted octanol–water partition coefficient (Wildman–Crippen LogP) is 8.75. The molecule has 1 aromatic carbocycles. The summed E-state index contributed by atoms with van der Waals surface area (Å²) in [4.78, 5) is 0. The first-order valence-electron chi connectivity index (χ1n) is 11.3. The first-order chi connectivity index (χ1) is 12.2. The second-order valence-electron chi connectivity index (χ2n) is 8.08. The molecule has 0 aliphatic heterocycles. The fourth-order valence-electron chi connectivity index (χ4n) is 3.88. The number of hydrogen-bond donors (Lipinski definition) is 0. The minimum Gasteiger partial charge on any atom is -0.0654 e. The average molecular weight is 345 g/mol. The van der Waals surface area contributed by atoms with Crippen LogP contribution in [0.3, 0.4) is 0 Å². The molecule has 0 saturated heterocycles. The predicted molar refractivity (Wildman–Crippen MR) is 115 cm³/mol. The molecular weight excluding hydrogens is 300 g/mol. The average Bonchev–Trinajstić information content (AvgIpc) is 2.63. The van der Waals surface area contributed by atoms with Crippen LogP contribution in [0, 0.1) is 6.92 Å². The van der Waals surface area contributed by atoms with Gasteiger partial charge in [0, 0.05) is 0 Å². The van der Waals surface area contributed by atoms with Crippen LogP contribution in [0.4, 0.5) is 0 Å². The molecule has 144 valence electrons. The van der Waals surface area contributed by atoms with E-state index in [9.17, 15) is 0 Å². The standard InChI is InChI=1S/C25H44/c1-5-7-8-9-10-11-12-13-14-15-16-17-19-24-20-18-21-25(23(24)4)22(3)6-2/h18,20-22H,5-17,19H2,1-4H3. The lowest BCUT2D eigenvalue weighted by atomic mass is 9.90. The van der Waals surface area contributed by atoms with Crippen molar-refractivity contribution < 1.29 is 0 Å². The summed E-state index contributed by atoms with van der Waals surface area (Å²) in [7, 11) is 0. The summed E-state index contributed by atoms with van der Waals surface area (Å²) in [5.41, 5.74) is 4.71. The summed E-state index contributed by atoms with van der Waals surface area (Å²) in [6.45, 7) is 9.28. The summed E-state index contributed by atoms with van der Waals surface area (Å²) < 4.78 is 0. The van der Waals surface area contributed by atoms with Crippen molar-refractivity contribution in [3.63, 3.8) is 0 Å². The monoisotopic (exact) mass is 344 g/mol. The van der Waals surface area contributed by atoms with Gasteiger partial charge in [-0.15, -0.1) is 0 Å². The molecule has 0 aliphatic carbocycles. The van der Waals surface area contributed by atoms with E-state index in [1.807, 2.05) is 0 Å². The quantitative estimate of drug-likeness (QED) is 0.279. The summed E-state index contributed by atoms with van der Waals surface area (Å²) >= 11 is 0. The van der Waals surface area contributed by atoms with Gasteiger partial charge >= 0.3 is 0 Å². The van der Waals surface area contributed by atoms with E-state index in [2.05, 4.69) is 45.9 Å². The third-order valence-corrected chi connectivity index (χ3v) is 5.93. The Morgan fingerprint density at radius 3 is 1.76 bits per heavy atom. The van der Waals surface area contributed by atoms with Crippen molar-refractivity contribution in [3.05, 3.63) is 34.9 Å². The van der Waals surface area contributed by atoms with Crippen molar-refractivity contribution in [2.45, 2.75) is 124 Å². The highest BCUT2D eigenvalue weighted by molar-refractivity contribution is 5.36. The molecule has 0 radical (unpaired) electrons. The Morgan fingerprint density at radius 1 is 0.720 bits per heavy atom. The zero-order chi connectivity index (χ0) is 18.3. The molecule has 0 spiro atoms. The van der Waals surface area contributed by atoms with Gasteiger partial charge in [0.2, 0.25) is 0 Å². The Balaban J connectivity index is 2.07. The highest BCUT2D eigenvalue weighted by Gasteiger charge is 2.09.